The Bertz CT molecular complexity index is 263. The second-order valence-electron chi connectivity index (χ2n) is 1.97. The van der Waals surface area contributed by atoms with Crippen LogP contribution < -0.4 is 0 Å². The Kier molecular flexibility index (Phi) is 4.15. The van der Waals surface area contributed by atoms with Gasteiger partial charge in [-0.15, -0.1) is 0 Å². The third-order valence-corrected chi connectivity index (χ3v) is 3.18. The van der Waals surface area contributed by atoms with Gasteiger partial charge in [0, 0.05) is 8.59 Å². The quantitative estimate of drug-likeness (QED) is 0.464. The van der Waals surface area contributed by atoms with E-state index in [1.54, 1.807) is 0 Å². The van der Waals surface area contributed by atoms with Crippen LogP contribution in [0.1, 0.15) is 9.30 Å². The summed E-state index contributed by atoms with van der Waals surface area (Å²) in [6.45, 7) is 0. The van der Waals surface area contributed by atoms with E-state index in [-0.39, 0.29) is 3.74 Å². The Morgan fingerprint density at radius 1 is 1.36 bits per heavy atom. The Morgan fingerprint density at radius 2 is 2.00 bits per heavy atom. The van der Waals surface area contributed by atoms with Crippen LogP contribution in [0.25, 0.3) is 0 Å². The van der Waals surface area contributed by atoms with Gasteiger partial charge in [0.2, 0.25) is 0 Å². The molecular weight excluding hydrogens is 406 g/mol. The number of alkyl halides is 2. The molecule has 0 bridgehead atoms. The number of halogens is 4. The van der Waals surface area contributed by atoms with E-state index in [9.17, 15) is 0 Å². The van der Waals surface area contributed by atoms with E-state index in [2.05, 4.69) is 54.5 Å². The number of rotatable bonds is 1. The average molecular weight is 410 g/mol. The van der Waals surface area contributed by atoms with Crippen LogP contribution >= 0.6 is 66.1 Å². The Morgan fingerprint density at radius 3 is 2.45 bits per heavy atom. The molecule has 4 heteroatoms. The van der Waals surface area contributed by atoms with E-state index in [1.807, 2.05) is 18.2 Å². The van der Waals surface area contributed by atoms with Crippen molar-refractivity contribution in [3.8, 4) is 0 Å². The standard InChI is InChI=1S/C7H4Br2ClI/c8-7(9)5-2-1-4(11)3-6(5)10/h1-3,7H. The van der Waals surface area contributed by atoms with Crippen molar-refractivity contribution in [1.82, 2.24) is 0 Å². The monoisotopic (exact) mass is 408 g/mol. The Hall–Kier alpha value is 1.20. The lowest BCUT2D eigenvalue weighted by Gasteiger charge is -2.04. The molecule has 0 aromatic heterocycles. The minimum Gasteiger partial charge on any atom is -0.0839 e. The molecule has 1 aromatic rings. The largest absolute Gasteiger partial charge is 0.0960 e. The van der Waals surface area contributed by atoms with Gasteiger partial charge in [0.25, 0.3) is 0 Å². The molecule has 0 unspecified atom stereocenters. The highest BCUT2D eigenvalue weighted by atomic mass is 127. The van der Waals surface area contributed by atoms with E-state index in [0.717, 1.165) is 14.2 Å². The molecule has 11 heavy (non-hydrogen) atoms. The maximum Gasteiger partial charge on any atom is 0.0960 e. The predicted octanol–water partition coefficient (Wildman–Crippen LogP) is 4.73. The van der Waals surface area contributed by atoms with Gasteiger partial charge in [0.1, 0.15) is 0 Å². The van der Waals surface area contributed by atoms with Crippen molar-refractivity contribution in [2.24, 2.45) is 0 Å². The molecule has 0 radical (unpaired) electrons. The maximum absolute atomic E-state index is 5.96. The summed E-state index contributed by atoms with van der Waals surface area (Å²) >= 11 is 15.0. The minimum atomic E-state index is 0.138. The van der Waals surface area contributed by atoms with Crippen LogP contribution in [0.3, 0.4) is 0 Å². The molecule has 0 spiro atoms. The topological polar surface area (TPSA) is 0 Å². The van der Waals surface area contributed by atoms with Crippen molar-refractivity contribution >= 4 is 66.1 Å². The molecule has 0 N–H and O–H groups in total. The summed E-state index contributed by atoms with van der Waals surface area (Å²) in [5.41, 5.74) is 1.06. The molecule has 0 saturated carbocycles. The fourth-order valence-electron chi connectivity index (χ4n) is 0.678. The highest BCUT2D eigenvalue weighted by Crippen LogP contribution is 2.34. The van der Waals surface area contributed by atoms with Crippen molar-refractivity contribution in [2.45, 2.75) is 3.74 Å². The number of benzene rings is 1. The van der Waals surface area contributed by atoms with Gasteiger partial charge >= 0.3 is 0 Å². The fraction of sp³-hybridized carbons (Fsp3) is 0.143. The van der Waals surface area contributed by atoms with Gasteiger partial charge in [-0.05, 0) is 40.3 Å². The predicted molar refractivity (Wildman–Crippen MR) is 64.8 cm³/mol. The van der Waals surface area contributed by atoms with Crippen LogP contribution in [-0.2, 0) is 0 Å². The van der Waals surface area contributed by atoms with Crippen molar-refractivity contribution < 1.29 is 0 Å². The van der Waals surface area contributed by atoms with Crippen LogP contribution in [0.4, 0.5) is 0 Å². The van der Waals surface area contributed by atoms with Crippen molar-refractivity contribution in [3.05, 3.63) is 32.4 Å². The third-order valence-electron chi connectivity index (χ3n) is 1.20. The van der Waals surface area contributed by atoms with Crippen LogP contribution in [0, 0.1) is 3.57 Å². The number of hydrogen-bond donors (Lipinski definition) is 0. The number of hydrogen-bond acceptors (Lipinski definition) is 0. The van der Waals surface area contributed by atoms with E-state index >= 15 is 0 Å². The molecule has 1 rings (SSSR count). The molecule has 0 aliphatic rings. The lowest BCUT2D eigenvalue weighted by atomic mass is 10.2. The summed E-state index contributed by atoms with van der Waals surface area (Å²) in [6.07, 6.45) is 0. The van der Waals surface area contributed by atoms with E-state index in [4.69, 9.17) is 11.6 Å². The first-order valence-corrected chi connectivity index (χ1v) is 6.13. The zero-order valence-corrected chi connectivity index (χ0v) is 11.4. The molecule has 0 aliphatic heterocycles. The molecule has 0 amide bonds. The lowest BCUT2D eigenvalue weighted by molar-refractivity contribution is 1.41. The third kappa shape index (κ3) is 2.86. The first kappa shape index (κ1) is 10.3. The van der Waals surface area contributed by atoms with Gasteiger partial charge in [0.15, 0.2) is 0 Å². The zero-order valence-electron chi connectivity index (χ0n) is 5.32. The summed E-state index contributed by atoms with van der Waals surface area (Å²) < 4.78 is 1.29. The highest BCUT2D eigenvalue weighted by Gasteiger charge is 2.06. The van der Waals surface area contributed by atoms with Gasteiger partial charge in [-0.1, -0.05) is 49.5 Å². The average Bonchev–Trinajstić information content (AvgIpc) is 1.85. The zero-order chi connectivity index (χ0) is 8.43. The van der Waals surface area contributed by atoms with Gasteiger partial charge in [0.05, 0.1) is 3.74 Å². The summed E-state index contributed by atoms with van der Waals surface area (Å²) in [5.74, 6) is 0. The first-order chi connectivity index (χ1) is 5.11. The minimum absolute atomic E-state index is 0.138. The summed E-state index contributed by atoms with van der Waals surface area (Å²) in [5, 5.41) is 0.788. The molecular formula is C7H4Br2ClI. The Labute approximate surface area is 101 Å². The first-order valence-electron chi connectivity index (χ1n) is 2.84. The molecule has 0 heterocycles. The molecule has 0 atom stereocenters. The van der Waals surface area contributed by atoms with E-state index in [0.29, 0.717) is 0 Å². The normalized spacial score (nSPS) is 10.6. The van der Waals surface area contributed by atoms with Crippen molar-refractivity contribution in [2.75, 3.05) is 0 Å². The highest BCUT2D eigenvalue weighted by molar-refractivity contribution is 14.1. The summed E-state index contributed by atoms with van der Waals surface area (Å²) in [7, 11) is 0. The van der Waals surface area contributed by atoms with Crippen LogP contribution in [0.2, 0.25) is 5.02 Å². The molecule has 0 saturated heterocycles. The lowest BCUT2D eigenvalue weighted by Crippen LogP contribution is -1.82. The smallest absolute Gasteiger partial charge is 0.0839 e. The van der Waals surface area contributed by atoms with Gasteiger partial charge in [-0.25, -0.2) is 0 Å². The van der Waals surface area contributed by atoms with E-state index < -0.39 is 0 Å². The maximum atomic E-state index is 5.96. The molecule has 0 nitrogen and oxygen atoms in total. The molecule has 1 aromatic carbocycles. The van der Waals surface area contributed by atoms with Crippen molar-refractivity contribution in [3.63, 3.8) is 0 Å². The summed E-state index contributed by atoms with van der Waals surface area (Å²) in [4.78, 5) is 0. The van der Waals surface area contributed by atoms with E-state index in [1.165, 1.54) is 0 Å². The van der Waals surface area contributed by atoms with Gasteiger partial charge < -0.3 is 0 Å². The molecule has 60 valence electrons. The van der Waals surface area contributed by atoms with Crippen LogP contribution in [-0.4, -0.2) is 0 Å². The molecule has 0 fully saturated rings. The van der Waals surface area contributed by atoms with Gasteiger partial charge in [-0.3, -0.25) is 0 Å². The van der Waals surface area contributed by atoms with Crippen LogP contribution in [0.15, 0.2) is 18.2 Å². The summed E-state index contributed by atoms with van der Waals surface area (Å²) in [6, 6.07) is 5.96. The molecule has 0 aliphatic carbocycles. The SMILES string of the molecule is Clc1cc(I)ccc1C(Br)Br. The second-order valence-corrected chi connectivity index (χ2v) is 6.68. The van der Waals surface area contributed by atoms with Crippen LogP contribution in [0.5, 0.6) is 0 Å². The van der Waals surface area contributed by atoms with Crippen molar-refractivity contribution in [1.29, 1.82) is 0 Å². The Balaban J connectivity index is 3.09. The van der Waals surface area contributed by atoms with Gasteiger partial charge in [-0.2, -0.15) is 0 Å². The second kappa shape index (κ2) is 4.44. The fourth-order valence-corrected chi connectivity index (χ4v) is 2.71.